The van der Waals surface area contributed by atoms with Crippen molar-refractivity contribution in [1.29, 1.82) is 0 Å². The number of nitrogens with one attached hydrogen (secondary N) is 1. The normalized spacial score (nSPS) is 16.5. The van der Waals surface area contributed by atoms with E-state index < -0.39 is 12.0 Å². The van der Waals surface area contributed by atoms with Crippen molar-refractivity contribution in [3.05, 3.63) is 46.4 Å². The van der Waals surface area contributed by atoms with Gasteiger partial charge in [0.05, 0.1) is 12.0 Å². The van der Waals surface area contributed by atoms with Crippen molar-refractivity contribution < 1.29 is 14.6 Å². The predicted molar refractivity (Wildman–Crippen MR) is 84.8 cm³/mol. The molecule has 1 amide bonds. The van der Waals surface area contributed by atoms with E-state index in [0.29, 0.717) is 11.3 Å². The van der Waals surface area contributed by atoms with Gasteiger partial charge in [-0.25, -0.2) is 0 Å². The van der Waals surface area contributed by atoms with Crippen molar-refractivity contribution >= 4 is 39.3 Å². The van der Waals surface area contributed by atoms with Crippen molar-refractivity contribution in [1.82, 2.24) is 0 Å². The van der Waals surface area contributed by atoms with Gasteiger partial charge in [0.15, 0.2) is 6.10 Å². The second kappa shape index (κ2) is 5.71. The number of ether oxygens (including phenoxy) is 1. The first-order chi connectivity index (χ1) is 10.1. The average molecular weight is 366 g/mol. The van der Waals surface area contributed by atoms with E-state index in [1.807, 2.05) is 30.3 Å². The number of fused-ring (bicyclic) bond motifs is 1. The Bertz CT molecular complexity index is 720. The number of amides is 1. The van der Waals surface area contributed by atoms with Gasteiger partial charge in [0.2, 0.25) is 0 Å². The van der Waals surface area contributed by atoms with Crippen LogP contribution in [0.25, 0.3) is 0 Å². The molecule has 2 N–H and O–H groups in total. The summed E-state index contributed by atoms with van der Waals surface area (Å²) in [5, 5.41) is 12.5. The Kier molecular flexibility index (Phi) is 3.93. The molecule has 0 spiro atoms. The molecule has 1 aliphatic rings. The van der Waals surface area contributed by atoms with Gasteiger partial charge in [0.1, 0.15) is 5.75 Å². The lowest BCUT2D eigenvalue weighted by Gasteiger charge is -2.11. The number of hydrogen-bond acceptors (Lipinski definition) is 4. The molecule has 0 fully saturated rings. The highest BCUT2D eigenvalue weighted by Crippen LogP contribution is 2.43. The monoisotopic (exact) mass is 365 g/mol. The largest absolute Gasteiger partial charge is 0.496 e. The fourth-order valence-electron chi connectivity index (χ4n) is 2.15. The summed E-state index contributed by atoms with van der Waals surface area (Å²) < 4.78 is 6.16. The van der Waals surface area contributed by atoms with E-state index in [1.54, 1.807) is 13.2 Å². The van der Waals surface area contributed by atoms with Crippen LogP contribution in [0.3, 0.4) is 0 Å². The third kappa shape index (κ3) is 2.66. The number of rotatable bonds is 3. The van der Waals surface area contributed by atoms with E-state index in [4.69, 9.17) is 4.74 Å². The van der Waals surface area contributed by atoms with E-state index in [-0.39, 0.29) is 0 Å². The number of anilines is 1. The topological polar surface area (TPSA) is 58.6 Å². The third-order valence-electron chi connectivity index (χ3n) is 3.19. The van der Waals surface area contributed by atoms with Crippen molar-refractivity contribution in [3.8, 4) is 5.75 Å². The molecule has 0 aromatic heterocycles. The molecular formula is C15H12BrNO3S. The van der Waals surface area contributed by atoms with Crippen LogP contribution in [0.2, 0.25) is 0 Å². The Morgan fingerprint density at radius 1 is 1.29 bits per heavy atom. The Hall–Kier alpha value is -1.50. The summed E-state index contributed by atoms with van der Waals surface area (Å²) in [5.74, 6) is 0.398. The third-order valence-corrected chi connectivity index (χ3v) is 5.23. The molecule has 2 aromatic rings. The van der Waals surface area contributed by atoms with Crippen LogP contribution >= 0.6 is 27.7 Å². The molecule has 0 bridgehead atoms. The van der Waals surface area contributed by atoms with Crippen LogP contribution in [-0.4, -0.2) is 18.1 Å². The van der Waals surface area contributed by atoms with Crippen LogP contribution in [0.15, 0.2) is 50.7 Å². The highest BCUT2D eigenvalue weighted by Gasteiger charge is 2.29. The average Bonchev–Trinajstić information content (AvgIpc) is 2.75. The highest BCUT2D eigenvalue weighted by molar-refractivity contribution is 9.10. The molecular weight excluding hydrogens is 354 g/mol. The number of benzene rings is 2. The number of hydrogen-bond donors (Lipinski definition) is 2. The summed E-state index contributed by atoms with van der Waals surface area (Å²) >= 11 is 5.02. The van der Waals surface area contributed by atoms with Gasteiger partial charge in [-0.15, -0.1) is 0 Å². The zero-order chi connectivity index (χ0) is 15.0. The summed E-state index contributed by atoms with van der Waals surface area (Å²) in [4.78, 5) is 13.4. The number of aliphatic hydroxyl groups is 1. The molecule has 1 heterocycles. The van der Waals surface area contributed by atoms with Crippen LogP contribution < -0.4 is 10.1 Å². The Balaban J connectivity index is 1.98. The van der Waals surface area contributed by atoms with Gasteiger partial charge in [-0.05, 0) is 40.2 Å². The Morgan fingerprint density at radius 3 is 2.81 bits per heavy atom. The minimum atomic E-state index is -1.10. The van der Waals surface area contributed by atoms with E-state index in [2.05, 4.69) is 21.2 Å². The molecule has 108 valence electrons. The second-order valence-corrected chi connectivity index (χ2v) is 6.45. The van der Waals surface area contributed by atoms with Gasteiger partial charge in [0, 0.05) is 20.6 Å². The fourth-order valence-corrected chi connectivity index (χ4v) is 3.72. The van der Waals surface area contributed by atoms with E-state index in [9.17, 15) is 9.90 Å². The number of halogens is 1. The van der Waals surface area contributed by atoms with Crippen molar-refractivity contribution in [2.24, 2.45) is 0 Å². The zero-order valence-corrected chi connectivity index (χ0v) is 13.5. The van der Waals surface area contributed by atoms with E-state index >= 15 is 0 Å². The second-order valence-electron chi connectivity index (χ2n) is 4.51. The van der Waals surface area contributed by atoms with Crippen molar-refractivity contribution in [3.63, 3.8) is 0 Å². The molecule has 1 aliphatic heterocycles. The molecule has 0 radical (unpaired) electrons. The highest BCUT2D eigenvalue weighted by atomic mass is 79.9. The quantitative estimate of drug-likeness (QED) is 0.872. The number of carbonyl (C=O) groups is 1. The molecule has 0 aliphatic carbocycles. The molecule has 2 aromatic carbocycles. The number of aliphatic hydroxyl groups excluding tert-OH is 1. The van der Waals surface area contributed by atoms with Crippen LogP contribution in [0.1, 0.15) is 11.7 Å². The molecule has 3 rings (SSSR count). The molecule has 21 heavy (non-hydrogen) atoms. The lowest BCUT2D eigenvalue weighted by Crippen LogP contribution is -2.10. The zero-order valence-electron chi connectivity index (χ0n) is 11.1. The molecule has 4 nitrogen and oxygen atoms in total. The molecule has 1 unspecified atom stereocenters. The van der Waals surface area contributed by atoms with Gasteiger partial charge in [-0.3, -0.25) is 4.79 Å². The van der Waals surface area contributed by atoms with E-state index in [0.717, 1.165) is 20.0 Å². The first-order valence-corrected chi connectivity index (χ1v) is 7.84. The van der Waals surface area contributed by atoms with Crippen LogP contribution in [0, 0.1) is 0 Å². The summed E-state index contributed by atoms with van der Waals surface area (Å²) in [6.07, 6.45) is -1.10. The Labute approximate surface area is 134 Å². The smallest absolute Gasteiger partial charge is 0.257 e. The first kappa shape index (κ1) is 14.4. The van der Waals surface area contributed by atoms with Gasteiger partial charge >= 0.3 is 0 Å². The van der Waals surface area contributed by atoms with Crippen LogP contribution in [-0.2, 0) is 4.79 Å². The van der Waals surface area contributed by atoms with Gasteiger partial charge in [-0.2, -0.15) is 0 Å². The lowest BCUT2D eigenvalue weighted by molar-refractivity contribution is -0.123. The maximum atomic E-state index is 11.5. The van der Waals surface area contributed by atoms with Crippen LogP contribution in [0.4, 0.5) is 5.69 Å². The standard InChI is InChI=1S/C15H12BrNO3S/c1-20-11-4-2-3-5-12(11)21-13-7-10-8(6-9(13)16)14(18)15(19)17-10/h2-7,14,18H,1H3,(H,17,19). The van der Waals surface area contributed by atoms with Gasteiger partial charge in [-0.1, -0.05) is 23.9 Å². The maximum absolute atomic E-state index is 11.5. The van der Waals surface area contributed by atoms with E-state index in [1.165, 1.54) is 11.8 Å². The minimum Gasteiger partial charge on any atom is -0.496 e. The number of para-hydroxylation sites is 1. The minimum absolute atomic E-state index is 0.392. The molecule has 6 heteroatoms. The lowest BCUT2D eigenvalue weighted by atomic mass is 10.1. The number of methoxy groups -OCH3 is 1. The first-order valence-electron chi connectivity index (χ1n) is 6.23. The SMILES string of the molecule is COc1ccccc1Sc1cc2c(cc1Br)C(O)C(=O)N2. The molecule has 1 atom stereocenters. The fraction of sp³-hybridized carbons (Fsp3) is 0.133. The maximum Gasteiger partial charge on any atom is 0.257 e. The predicted octanol–water partition coefficient (Wildman–Crippen LogP) is 3.59. The summed E-state index contributed by atoms with van der Waals surface area (Å²) in [7, 11) is 1.63. The molecule has 0 saturated carbocycles. The Morgan fingerprint density at radius 2 is 2.05 bits per heavy atom. The van der Waals surface area contributed by atoms with Crippen LogP contribution in [0.5, 0.6) is 5.75 Å². The summed E-state index contributed by atoms with van der Waals surface area (Å²) in [6, 6.07) is 11.3. The van der Waals surface area contributed by atoms with Crippen molar-refractivity contribution in [2.45, 2.75) is 15.9 Å². The molecule has 0 saturated heterocycles. The summed E-state index contributed by atoms with van der Waals surface area (Å²) in [6.45, 7) is 0. The van der Waals surface area contributed by atoms with Gasteiger partial charge in [0.25, 0.3) is 5.91 Å². The number of carbonyl (C=O) groups excluding carboxylic acids is 1. The van der Waals surface area contributed by atoms with Crippen molar-refractivity contribution in [2.75, 3.05) is 12.4 Å². The summed E-state index contributed by atoms with van der Waals surface area (Å²) in [5.41, 5.74) is 1.24. The van der Waals surface area contributed by atoms with Gasteiger partial charge < -0.3 is 15.2 Å².